The maximum Gasteiger partial charge on any atom is 0.251 e. The molecule has 0 spiro atoms. The highest BCUT2D eigenvalue weighted by molar-refractivity contribution is 7.80. The van der Waals surface area contributed by atoms with Gasteiger partial charge in [-0.3, -0.25) is 4.79 Å². The zero-order chi connectivity index (χ0) is 13.0. The molecule has 0 fully saturated rings. The summed E-state index contributed by atoms with van der Waals surface area (Å²) in [4.78, 5) is 12.1. The van der Waals surface area contributed by atoms with Gasteiger partial charge in [-0.25, -0.2) is 4.39 Å². The van der Waals surface area contributed by atoms with Crippen molar-refractivity contribution in [3.63, 3.8) is 0 Å². The van der Waals surface area contributed by atoms with Crippen molar-refractivity contribution in [3.8, 4) is 0 Å². The third-order valence-corrected chi connectivity index (χ3v) is 2.62. The Morgan fingerprint density at radius 3 is 2.29 bits per heavy atom. The van der Waals surface area contributed by atoms with Crippen molar-refractivity contribution in [1.82, 2.24) is 5.32 Å². The number of carbonyl (C=O) groups is 1. The molecule has 0 aliphatic heterocycles. The lowest BCUT2D eigenvalue weighted by Gasteiger charge is -2.20. The molecule has 0 saturated carbocycles. The van der Waals surface area contributed by atoms with Crippen molar-refractivity contribution < 1.29 is 9.18 Å². The van der Waals surface area contributed by atoms with E-state index in [1.807, 2.05) is 13.8 Å². The molecule has 1 rings (SSSR count). The van der Waals surface area contributed by atoms with Crippen LogP contribution in [0.2, 0.25) is 0 Å². The van der Waals surface area contributed by atoms with Crippen LogP contribution in [0.1, 0.15) is 24.2 Å². The Kier molecular flexibility index (Phi) is 4.57. The van der Waals surface area contributed by atoms with E-state index in [2.05, 4.69) is 5.32 Å². The zero-order valence-electron chi connectivity index (χ0n) is 9.74. The molecule has 0 heterocycles. The van der Waals surface area contributed by atoms with Crippen molar-refractivity contribution >= 4 is 23.1 Å². The second-order valence-electron chi connectivity index (χ2n) is 4.10. The van der Waals surface area contributed by atoms with Crippen LogP contribution in [0.15, 0.2) is 24.3 Å². The van der Waals surface area contributed by atoms with E-state index in [1.165, 1.54) is 24.3 Å². The van der Waals surface area contributed by atoms with Gasteiger partial charge in [-0.1, -0.05) is 26.1 Å². The van der Waals surface area contributed by atoms with Gasteiger partial charge in [0.15, 0.2) is 0 Å². The monoisotopic (exact) mass is 254 g/mol. The third kappa shape index (κ3) is 3.78. The number of nitrogens with two attached hydrogens (primary N) is 1. The molecule has 1 aromatic rings. The van der Waals surface area contributed by atoms with Gasteiger partial charge in [-0.15, -0.1) is 0 Å². The third-order valence-electron chi connectivity index (χ3n) is 2.37. The topological polar surface area (TPSA) is 55.1 Å². The summed E-state index contributed by atoms with van der Waals surface area (Å²) in [6.45, 7) is 3.82. The number of rotatable bonds is 4. The van der Waals surface area contributed by atoms with Gasteiger partial charge in [0, 0.05) is 5.56 Å². The second kappa shape index (κ2) is 5.72. The highest BCUT2D eigenvalue weighted by Crippen LogP contribution is 2.06. The molecule has 1 unspecified atom stereocenters. The number of hydrogen-bond donors (Lipinski definition) is 2. The number of nitrogens with one attached hydrogen (secondary N) is 1. The first kappa shape index (κ1) is 13.6. The van der Waals surface area contributed by atoms with E-state index in [0.717, 1.165) is 0 Å². The average molecular weight is 254 g/mol. The molecular weight excluding hydrogens is 239 g/mol. The number of halogens is 1. The Labute approximate surface area is 105 Å². The van der Waals surface area contributed by atoms with Crippen LogP contribution >= 0.6 is 12.2 Å². The van der Waals surface area contributed by atoms with Crippen LogP contribution in [-0.4, -0.2) is 16.9 Å². The quantitative estimate of drug-likeness (QED) is 0.806. The summed E-state index contributed by atoms with van der Waals surface area (Å²) in [6, 6.07) is 4.95. The summed E-state index contributed by atoms with van der Waals surface area (Å²) in [5.74, 6) is -0.579. The van der Waals surface area contributed by atoms with Crippen molar-refractivity contribution in [1.29, 1.82) is 0 Å². The van der Waals surface area contributed by atoms with Crippen LogP contribution in [0.5, 0.6) is 0 Å². The molecule has 1 aromatic carbocycles. The zero-order valence-corrected chi connectivity index (χ0v) is 10.6. The van der Waals surface area contributed by atoms with Gasteiger partial charge in [-0.2, -0.15) is 0 Å². The van der Waals surface area contributed by atoms with Crippen molar-refractivity contribution in [2.75, 3.05) is 0 Å². The smallest absolute Gasteiger partial charge is 0.251 e. The van der Waals surface area contributed by atoms with Crippen LogP contribution in [-0.2, 0) is 0 Å². The fraction of sp³-hybridized carbons (Fsp3) is 0.333. The minimum Gasteiger partial charge on any atom is -0.392 e. The summed E-state index contributed by atoms with van der Waals surface area (Å²) in [5, 5.41) is 2.72. The predicted molar refractivity (Wildman–Crippen MR) is 69.3 cm³/mol. The van der Waals surface area contributed by atoms with Crippen molar-refractivity contribution in [3.05, 3.63) is 35.6 Å². The van der Waals surface area contributed by atoms with Gasteiger partial charge in [-0.05, 0) is 30.2 Å². The Morgan fingerprint density at radius 1 is 1.35 bits per heavy atom. The van der Waals surface area contributed by atoms with Crippen LogP contribution in [0.3, 0.4) is 0 Å². The molecule has 0 bridgehead atoms. The Hall–Kier alpha value is -1.49. The molecule has 1 atom stereocenters. The summed E-state index contributed by atoms with van der Waals surface area (Å²) < 4.78 is 12.7. The molecule has 0 aliphatic rings. The molecule has 0 aliphatic carbocycles. The predicted octanol–water partition coefficient (Wildman–Crippen LogP) is 1.87. The Bertz CT molecular complexity index is 417. The Balaban J connectivity index is 2.77. The molecule has 0 saturated heterocycles. The molecule has 3 nitrogen and oxygen atoms in total. The molecule has 0 radical (unpaired) electrons. The van der Waals surface area contributed by atoms with Crippen molar-refractivity contribution in [2.45, 2.75) is 19.9 Å². The normalized spacial score (nSPS) is 12.2. The van der Waals surface area contributed by atoms with Crippen LogP contribution in [0, 0.1) is 11.7 Å². The lowest BCUT2D eigenvalue weighted by molar-refractivity contribution is 0.0940. The highest BCUT2D eigenvalue weighted by atomic mass is 32.1. The van der Waals surface area contributed by atoms with Crippen LogP contribution in [0.25, 0.3) is 0 Å². The largest absolute Gasteiger partial charge is 0.392 e. The number of carbonyl (C=O) groups excluding carboxylic acids is 1. The molecule has 5 heteroatoms. The Morgan fingerprint density at radius 2 is 1.88 bits per heavy atom. The van der Waals surface area contributed by atoms with E-state index in [0.29, 0.717) is 5.56 Å². The standard InChI is InChI=1S/C12H15FN2OS/c1-7(2)10(11(14)17)15-12(16)8-3-5-9(13)6-4-8/h3-7,10H,1-2H3,(H2,14,17)(H,15,16). The van der Waals surface area contributed by atoms with Gasteiger partial charge in [0.05, 0.1) is 11.0 Å². The number of hydrogen-bond acceptors (Lipinski definition) is 2. The summed E-state index contributed by atoms with van der Waals surface area (Å²) >= 11 is 4.89. The average Bonchev–Trinajstić information content (AvgIpc) is 2.25. The molecule has 1 amide bonds. The van der Waals surface area contributed by atoms with E-state index >= 15 is 0 Å². The summed E-state index contributed by atoms with van der Waals surface area (Å²) in [7, 11) is 0. The molecule has 17 heavy (non-hydrogen) atoms. The molecule has 0 aromatic heterocycles. The number of amides is 1. The fourth-order valence-corrected chi connectivity index (χ4v) is 1.72. The maximum absolute atomic E-state index is 12.7. The minimum atomic E-state index is -0.378. The van der Waals surface area contributed by atoms with Crippen LogP contribution < -0.4 is 11.1 Å². The lowest BCUT2D eigenvalue weighted by atomic mass is 10.0. The first-order valence-electron chi connectivity index (χ1n) is 5.27. The maximum atomic E-state index is 12.7. The van der Waals surface area contributed by atoms with E-state index < -0.39 is 0 Å². The van der Waals surface area contributed by atoms with Gasteiger partial charge in [0.2, 0.25) is 0 Å². The van der Waals surface area contributed by atoms with Gasteiger partial charge in [0.25, 0.3) is 5.91 Å². The second-order valence-corrected chi connectivity index (χ2v) is 4.58. The molecular formula is C12H15FN2OS. The first-order chi connectivity index (χ1) is 7.91. The number of benzene rings is 1. The SMILES string of the molecule is CC(C)C(NC(=O)c1ccc(F)cc1)C(N)=S. The lowest BCUT2D eigenvalue weighted by Crippen LogP contribution is -2.46. The van der Waals surface area contributed by atoms with Gasteiger partial charge >= 0.3 is 0 Å². The fourth-order valence-electron chi connectivity index (χ4n) is 1.39. The number of thiocarbonyl (C=S) groups is 1. The van der Waals surface area contributed by atoms with Gasteiger partial charge < -0.3 is 11.1 Å². The molecule has 3 N–H and O–H groups in total. The van der Waals surface area contributed by atoms with E-state index in [4.69, 9.17) is 18.0 Å². The summed E-state index contributed by atoms with van der Waals surface area (Å²) in [5.41, 5.74) is 5.93. The molecule has 92 valence electrons. The van der Waals surface area contributed by atoms with Crippen molar-refractivity contribution in [2.24, 2.45) is 11.7 Å². The van der Waals surface area contributed by atoms with E-state index in [1.54, 1.807) is 0 Å². The minimum absolute atomic E-state index is 0.108. The summed E-state index contributed by atoms with van der Waals surface area (Å²) in [6.07, 6.45) is 0. The van der Waals surface area contributed by atoms with Gasteiger partial charge in [0.1, 0.15) is 5.82 Å². The highest BCUT2D eigenvalue weighted by Gasteiger charge is 2.19. The van der Waals surface area contributed by atoms with Crippen LogP contribution in [0.4, 0.5) is 4.39 Å². The first-order valence-corrected chi connectivity index (χ1v) is 5.68. The van der Waals surface area contributed by atoms with E-state index in [9.17, 15) is 9.18 Å². The van der Waals surface area contributed by atoms with E-state index in [-0.39, 0.29) is 28.7 Å².